The van der Waals surface area contributed by atoms with Crippen LogP contribution in [0.1, 0.15) is 50.3 Å². The van der Waals surface area contributed by atoms with Gasteiger partial charge in [0.15, 0.2) is 0 Å². The molecule has 3 aromatic carbocycles. The van der Waals surface area contributed by atoms with Crippen LogP contribution >= 0.6 is 0 Å². The highest BCUT2D eigenvalue weighted by molar-refractivity contribution is 5.92. The van der Waals surface area contributed by atoms with Gasteiger partial charge >= 0.3 is 18.0 Å². The van der Waals surface area contributed by atoms with Crippen LogP contribution in [0.15, 0.2) is 91.0 Å². The van der Waals surface area contributed by atoms with Gasteiger partial charge in [0, 0.05) is 19.4 Å². The van der Waals surface area contributed by atoms with E-state index >= 15 is 0 Å². The van der Waals surface area contributed by atoms with Crippen LogP contribution in [-0.2, 0) is 47.9 Å². The molecule has 3 aromatic rings. The number of amides is 3. The van der Waals surface area contributed by atoms with E-state index in [1.54, 1.807) is 45.0 Å². The third kappa shape index (κ3) is 14.9. The quantitative estimate of drug-likeness (QED) is 0.101. The number of carboxylic acid groups (broad SMARTS) is 1. The highest BCUT2D eigenvalue weighted by atomic mass is 16.6. The SMILES string of the molecule is COC(=O)[C@H](Cc1ccccc1)NC(=O)[C@H](CCC(=O)O)NC(=O)[C@H](Cc1ccccc1)NCC(O)[C@H](Cc1ccccc1)NC(=O)OC(C)(C)C. The second-order valence-electron chi connectivity index (χ2n) is 13.4. The van der Waals surface area contributed by atoms with Crippen molar-refractivity contribution in [2.75, 3.05) is 13.7 Å². The monoisotopic (exact) mass is 718 g/mol. The number of ether oxygens (including phenoxy) is 2. The van der Waals surface area contributed by atoms with Crippen molar-refractivity contribution in [3.8, 4) is 0 Å². The van der Waals surface area contributed by atoms with Gasteiger partial charge in [-0.05, 0) is 56.7 Å². The van der Waals surface area contributed by atoms with Gasteiger partial charge in [0.25, 0.3) is 0 Å². The summed E-state index contributed by atoms with van der Waals surface area (Å²) < 4.78 is 10.3. The molecular formula is C39H50N4O9. The zero-order valence-electron chi connectivity index (χ0n) is 30.0. The van der Waals surface area contributed by atoms with Gasteiger partial charge < -0.3 is 41.0 Å². The Morgan fingerprint density at radius 3 is 1.62 bits per heavy atom. The number of carbonyl (C=O) groups is 5. The predicted molar refractivity (Wildman–Crippen MR) is 194 cm³/mol. The Kier molecular flexibility index (Phi) is 16.3. The molecule has 0 spiro atoms. The fourth-order valence-corrected chi connectivity index (χ4v) is 5.39. The molecule has 0 aliphatic carbocycles. The maximum Gasteiger partial charge on any atom is 0.407 e. The largest absolute Gasteiger partial charge is 0.481 e. The number of hydrogen-bond acceptors (Lipinski definition) is 9. The normalized spacial score (nSPS) is 14.1. The van der Waals surface area contributed by atoms with Gasteiger partial charge in [-0.1, -0.05) is 91.0 Å². The number of rotatable bonds is 19. The standard InChI is InChI=1S/C39H50N4O9/c1-39(2,3)52-38(50)43-30(22-26-14-8-5-9-15-26)33(44)25-40-31(23-27-16-10-6-11-17-27)36(48)41-29(20-21-34(45)46)35(47)42-32(37(49)51-4)24-28-18-12-7-13-19-28/h5-19,29-33,40,44H,20-25H2,1-4H3,(H,41,48)(H,42,47)(H,43,50)(H,45,46)/t29-,30-,31-,32-,33?/m0/s1. The number of carbonyl (C=O) groups excluding carboxylic acids is 4. The molecule has 0 radical (unpaired) electrons. The minimum Gasteiger partial charge on any atom is -0.481 e. The van der Waals surface area contributed by atoms with Gasteiger partial charge in [-0.15, -0.1) is 0 Å². The molecule has 0 aromatic heterocycles. The molecule has 0 saturated carbocycles. The Balaban J connectivity index is 1.82. The lowest BCUT2D eigenvalue weighted by atomic mass is 10.00. The van der Waals surface area contributed by atoms with Crippen LogP contribution in [0.25, 0.3) is 0 Å². The number of aliphatic hydroxyl groups excluding tert-OH is 1. The molecule has 13 heteroatoms. The van der Waals surface area contributed by atoms with Gasteiger partial charge in [0.05, 0.1) is 25.3 Å². The van der Waals surface area contributed by atoms with Crippen molar-refractivity contribution in [1.29, 1.82) is 0 Å². The lowest BCUT2D eigenvalue weighted by Gasteiger charge is -2.29. The number of carboxylic acids is 1. The molecule has 52 heavy (non-hydrogen) atoms. The Morgan fingerprint density at radius 2 is 1.13 bits per heavy atom. The number of alkyl carbamates (subject to hydrolysis) is 1. The van der Waals surface area contributed by atoms with E-state index in [0.29, 0.717) is 0 Å². The third-order valence-electron chi connectivity index (χ3n) is 8.00. The lowest BCUT2D eigenvalue weighted by Crippen LogP contribution is -2.57. The molecular weight excluding hydrogens is 668 g/mol. The highest BCUT2D eigenvalue weighted by Crippen LogP contribution is 2.12. The number of benzene rings is 3. The molecule has 3 rings (SSSR count). The first-order valence-corrected chi connectivity index (χ1v) is 17.2. The molecule has 0 aliphatic heterocycles. The van der Waals surface area contributed by atoms with Gasteiger partial charge in [0.1, 0.15) is 17.7 Å². The van der Waals surface area contributed by atoms with Crippen LogP contribution in [0.4, 0.5) is 4.79 Å². The number of aliphatic carboxylic acids is 1. The minimum atomic E-state index is -1.32. The molecule has 1 unspecified atom stereocenters. The van der Waals surface area contributed by atoms with Crippen LogP contribution in [-0.4, -0.2) is 89.6 Å². The number of hydrogen-bond donors (Lipinski definition) is 6. The molecule has 0 saturated heterocycles. The van der Waals surface area contributed by atoms with E-state index < -0.39 is 72.1 Å². The van der Waals surface area contributed by atoms with E-state index in [9.17, 15) is 34.2 Å². The summed E-state index contributed by atoms with van der Waals surface area (Å²) >= 11 is 0. The number of nitrogens with one attached hydrogen (secondary N) is 4. The Hall–Kier alpha value is -5.27. The Bertz CT molecular complexity index is 1580. The number of esters is 1. The van der Waals surface area contributed by atoms with E-state index in [4.69, 9.17) is 9.47 Å². The van der Waals surface area contributed by atoms with Crippen molar-refractivity contribution in [2.45, 2.75) is 88.7 Å². The van der Waals surface area contributed by atoms with Gasteiger partial charge in [0.2, 0.25) is 11.8 Å². The summed E-state index contributed by atoms with van der Waals surface area (Å²) in [4.78, 5) is 64.4. The zero-order valence-corrected chi connectivity index (χ0v) is 30.0. The first kappa shape index (κ1) is 41.2. The minimum absolute atomic E-state index is 0.108. The zero-order chi connectivity index (χ0) is 38.1. The van der Waals surface area contributed by atoms with Crippen LogP contribution in [0.3, 0.4) is 0 Å². The molecule has 5 atom stereocenters. The Morgan fingerprint density at radius 1 is 0.673 bits per heavy atom. The first-order valence-electron chi connectivity index (χ1n) is 17.2. The van der Waals surface area contributed by atoms with Gasteiger partial charge in [-0.3, -0.25) is 14.4 Å². The summed E-state index contributed by atoms with van der Waals surface area (Å²) in [5, 5.41) is 31.9. The van der Waals surface area contributed by atoms with Crippen molar-refractivity contribution < 1.29 is 43.7 Å². The van der Waals surface area contributed by atoms with Crippen LogP contribution < -0.4 is 21.3 Å². The molecule has 3 amide bonds. The predicted octanol–water partition coefficient (Wildman–Crippen LogP) is 2.93. The maximum absolute atomic E-state index is 13.9. The average molecular weight is 719 g/mol. The molecule has 280 valence electrons. The Labute approximate surface area is 304 Å². The third-order valence-corrected chi connectivity index (χ3v) is 8.00. The summed E-state index contributed by atoms with van der Waals surface area (Å²) in [7, 11) is 1.19. The molecule has 6 N–H and O–H groups in total. The van der Waals surface area contributed by atoms with Gasteiger partial charge in [-0.25, -0.2) is 9.59 Å². The summed E-state index contributed by atoms with van der Waals surface area (Å²) in [6.45, 7) is 5.04. The van der Waals surface area contributed by atoms with Gasteiger partial charge in [-0.2, -0.15) is 0 Å². The van der Waals surface area contributed by atoms with Crippen molar-refractivity contribution in [3.63, 3.8) is 0 Å². The van der Waals surface area contributed by atoms with Crippen molar-refractivity contribution in [2.24, 2.45) is 0 Å². The highest BCUT2D eigenvalue weighted by Gasteiger charge is 2.31. The maximum atomic E-state index is 13.9. The van der Waals surface area contributed by atoms with E-state index in [-0.39, 0.29) is 32.2 Å². The molecule has 0 aliphatic rings. The number of aliphatic hydroxyl groups is 1. The second kappa shape index (κ2) is 20.5. The van der Waals surface area contributed by atoms with Crippen LogP contribution in [0.5, 0.6) is 0 Å². The average Bonchev–Trinajstić information content (AvgIpc) is 3.11. The van der Waals surface area contributed by atoms with Crippen molar-refractivity contribution in [1.82, 2.24) is 21.3 Å². The smallest absolute Gasteiger partial charge is 0.407 e. The molecule has 0 heterocycles. The van der Waals surface area contributed by atoms with Crippen LogP contribution in [0.2, 0.25) is 0 Å². The second-order valence-corrected chi connectivity index (χ2v) is 13.4. The fraction of sp³-hybridized carbons (Fsp3) is 0.410. The van der Waals surface area contributed by atoms with E-state index in [2.05, 4.69) is 21.3 Å². The topological polar surface area (TPSA) is 192 Å². The summed E-state index contributed by atoms with van der Waals surface area (Å²) in [6, 6.07) is 23.1. The van der Waals surface area contributed by atoms with Crippen LogP contribution in [0, 0.1) is 0 Å². The summed E-state index contributed by atoms with van der Waals surface area (Å²) in [5.41, 5.74) is 1.61. The van der Waals surface area contributed by atoms with Crippen molar-refractivity contribution in [3.05, 3.63) is 108 Å². The molecule has 13 nitrogen and oxygen atoms in total. The lowest BCUT2D eigenvalue weighted by molar-refractivity contribution is -0.145. The van der Waals surface area contributed by atoms with E-state index in [1.165, 1.54) is 7.11 Å². The molecule has 0 bridgehead atoms. The van der Waals surface area contributed by atoms with E-state index in [0.717, 1.165) is 16.7 Å². The van der Waals surface area contributed by atoms with E-state index in [1.807, 2.05) is 66.7 Å². The summed E-state index contributed by atoms with van der Waals surface area (Å²) in [5.74, 6) is -3.28. The van der Waals surface area contributed by atoms with Crippen molar-refractivity contribution >= 4 is 29.8 Å². The molecule has 0 fully saturated rings. The number of methoxy groups -OCH3 is 1. The fourth-order valence-electron chi connectivity index (χ4n) is 5.39. The summed E-state index contributed by atoms with van der Waals surface area (Å²) in [6.07, 6.45) is -2.08. The first-order chi connectivity index (χ1) is 24.7.